The van der Waals surface area contributed by atoms with E-state index in [2.05, 4.69) is 131 Å². The van der Waals surface area contributed by atoms with Gasteiger partial charge in [-0.2, -0.15) is 10.0 Å². The molecule has 2 aliphatic rings. The fourth-order valence-electron chi connectivity index (χ4n) is 6.66. The first-order valence-electron chi connectivity index (χ1n) is 14.3. The van der Waals surface area contributed by atoms with Crippen LogP contribution in [0.4, 0.5) is 0 Å². The first kappa shape index (κ1) is 25.0. The Morgan fingerprint density at radius 3 is 2.50 bits per heavy atom. The number of para-hydroxylation sites is 1. The molecule has 4 aromatic carbocycles. The van der Waals surface area contributed by atoms with Gasteiger partial charge in [0.2, 0.25) is 0 Å². The summed E-state index contributed by atoms with van der Waals surface area (Å²) in [5, 5.41) is 2.64. The lowest BCUT2D eigenvalue weighted by Gasteiger charge is -2.28. The number of benzene rings is 4. The fraction of sp³-hybridized carbons (Fsp3) is 0.0789. The van der Waals surface area contributed by atoms with Crippen LogP contribution in [-0.4, -0.2) is 22.1 Å². The van der Waals surface area contributed by atoms with Crippen LogP contribution >= 0.6 is 10.0 Å². The van der Waals surface area contributed by atoms with Gasteiger partial charge < -0.3 is 10.3 Å². The monoisotopic (exact) mass is 561 g/mol. The van der Waals surface area contributed by atoms with Gasteiger partial charge in [0.05, 0.1) is 16.7 Å². The molecule has 0 spiro atoms. The van der Waals surface area contributed by atoms with Gasteiger partial charge in [-0.25, -0.2) is 0 Å². The average molecular weight is 562 g/mol. The zero-order valence-corrected chi connectivity index (χ0v) is 24.5. The maximum atomic E-state index is 6.56. The van der Waals surface area contributed by atoms with Gasteiger partial charge in [-0.1, -0.05) is 72.8 Å². The maximum Gasteiger partial charge on any atom is 0.0548 e. The van der Waals surface area contributed by atoms with Gasteiger partial charge in [-0.3, -0.25) is 4.98 Å². The van der Waals surface area contributed by atoms with E-state index in [1.54, 1.807) is 0 Å². The minimum absolute atomic E-state index is 0.746. The molecule has 0 unspecified atom stereocenters. The molecule has 1 aliphatic heterocycles. The Morgan fingerprint density at radius 2 is 1.62 bits per heavy atom. The summed E-state index contributed by atoms with van der Waals surface area (Å²) in [7, 11) is -1.07. The van der Waals surface area contributed by atoms with E-state index in [1.807, 2.05) is 18.3 Å². The molecule has 0 saturated heterocycles. The standard InChI is InChI=1S/C38H31N3S/c1-42(2)35-12-6-4-10-30(35)38-36(42)22-21-34-37(38)29-9-3-5-11-33(29)41(34)28-18-16-26(17-19-28)31(39)20-14-25-13-15-27-8-7-23-40-32(27)24-25/h3-23H,24,39H2,1-2H3/b25-14-,31-20-. The van der Waals surface area contributed by atoms with Crippen LogP contribution in [0.25, 0.3) is 50.4 Å². The molecule has 0 radical (unpaired) electrons. The molecule has 3 nitrogen and oxygen atoms in total. The fourth-order valence-corrected chi connectivity index (χ4v) is 9.16. The summed E-state index contributed by atoms with van der Waals surface area (Å²) in [4.78, 5) is 7.49. The van der Waals surface area contributed by atoms with E-state index in [4.69, 9.17) is 5.73 Å². The van der Waals surface area contributed by atoms with Crippen molar-refractivity contribution < 1.29 is 0 Å². The van der Waals surface area contributed by atoms with E-state index >= 15 is 0 Å². The number of allylic oxidation sites excluding steroid dienone is 4. The van der Waals surface area contributed by atoms with Crippen LogP contribution in [0.5, 0.6) is 0 Å². The highest BCUT2D eigenvalue weighted by Gasteiger charge is 2.34. The van der Waals surface area contributed by atoms with Crippen molar-refractivity contribution in [3.05, 3.63) is 144 Å². The largest absolute Gasteiger partial charge is 0.398 e. The molecular formula is C38H31N3S. The van der Waals surface area contributed by atoms with Gasteiger partial charge in [0.15, 0.2) is 0 Å². The van der Waals surface area contributed by atoms with Crippen molar-refractivity contribution in [1.82, 2.24) is 9.55 Å². The predicted octanol–water partition coefficient (Wildman–Crippen LogP) is 9.14. The van der Waals surface area contributed by atoms with E-state index in [9.17, 15) is 0 Å². The van der Waals surface area contributed by atoms with Gasteiger partial charge in [-0.05, 0) is 83.3 Å². The quantitative estimate of drug-likeness (QED) is 0.234. The number of fused-ring (bicyclic) bond motifs is 8. The summed E-state index contributed by atoms with van der Waals surface area (Å²) >= 11 is 0. The molecule has 42 heavy (non-hydrogen) atoms. The Bertz CT molecular complexity index is 2140. The molecular weight excluding hydrogens is 531 g/mol. The van der Waals surface area contributed by atoms with Crippen LogP contribution in [0.15, 0.2) is 137 Å². The van der Waals surface area contributed by atoms with Crippen molar-refractivity contribution in [3.8, 4) is 16.8 Å². The second kappa shape index (κ2) is 9.37. The molecule has 0 bridgehead atoms. The summed E-state index contributed by atoms with van der Waals surface area (Å²) in [6.07, 6.45) is 15.9. The number of hydrogen-bond donors (Lipinski definition) is 1. The van der Waals surface area contributed by atoms with Gasteiger partial charge in [0.25, 0.3) is 0 Å². The average Bonchev–Trinajstić information content (AvgIpc) is 3.49. The van der Waals surface area contributed by atoms with Crippen LogP contribution in [0.1, 0.15) is 16.8 Å². The third-order valence-corrected chi connectivity index (χ3v) is 11.7. The van der Waals surface area contributed by atoms with Crippen molar-refractivity contribution in [2.75, 3.05) is 12.5 Å². The topological polar surface area (TPSA) is 43.8 Å². The number of nitrogens with two attached hydrogens (primary N) is 1. The van der Waals surface area contributed by atoms with E-state index in [1.165, 1.54) is 53.9 Å². The molecule has 0 atom stereocenters. The lowest BCUT2D eigenvalue weighted by atomic mass is 9.98. The first-order chi connectivity index (χ1) is 20.5. The van der Waals surface area contributed by atoms with Crippen LogP contribution in [0, 0.1) is 0 Å². The molecule has 1 aliphatic carbocycles. The Labute approximate surface area is 247 Å². The zero-order valence-electron chi connectivity index (χ0n) is 23.7. The molecule has 3 heterocycles. The zero-order chi connectivity index (χ0) is 28.4. The molecule has 0 fully saturated rings. The van der Waals surface area contributed by atoms with Gasteiger partial charge in [-0.15, -0.1) is 0 Å². The molecule has 0 saturated carbocycles. The lowest BCUT2D eigenvalue weighted by Crippen LogP contribution is -2.00. The third kappa shape index (κ3) is 3.72. The number of rotatable bonds is 3. The number of nitrogens with zero attached hydrogens (tertiary/aromatic N) is 2. The Hall–Kier alpha value is -4.80. The summed E-state index contributed by atoms with van der Waals surface area (Å²) in [6.45, 7) is 0. The molecule has 8 rings (SSSR count). The van der Waals surface area contributed by atoms with Crippen molar-refractivity contribution in [2.24, 2.45) is 5.73 Å². The Balaban J connectivity index is 1.21. The predicted molar refractivity (Wildman–Crippen MR) is 179 cm³/mol. The Morgan fingerprint density at radius 1 is 0.810 bits per heavy atom. The van der Waals surface area contributed by atoms with E-state index in [0.29, 0.717) is 0 Å². The van der Waals surface area contributed by atoms with Crippen molar-refractivity contribution >= 4 is 43.6 Å². The molecule has 4 heteroatoms. The normalized spacial score (nSPS) is 16.9. The number of aromatic nitrogens is 2. The van der Waals surface area contributed by atoms with Crippen LogP contribution < -0.4 is 5.73 Å². The minimum atomic E-state index is -1.07. The summed E-state index contributed by atoms with van der Waals surface area (Å²) in [5.74, 6) is 0. The van der Waals surface area contributed by atoms with Gasteiger partial charge in [0, 0.05) is 50.1 Å². The Kier molecular flexibility index (Phi) is 5.56. The summed E-state index contributed by atoms with van der Waals surface area (Å²) < 4.78 is 2.40. The highest BCUT2D eigenvalue weighted by Crippen LogP contribution is 2.68. The second-order valence-electron chi connectivity index (χ2n) is 11.5. The number of hydrogen-bond acceptors (Lipinski definition) is 2. The molecule has 2 N–H and O–H groups in total. The van der Waals surface area contributed by atoms with Gasteiger partial charge in [0.1, 0.15) is 0 Å². The van der Waals surface area contributed by atoms with Crippen molar-refractivity contribution in [1.29, 1.82) is 0 Å². The maximum absolute atomic E-state index is 6.56. The number of pyridine rings is 1. The molecule has 2 aromatic heterocycles. The first-order valence-corrected chi connectivity index (χ1v) is 16.7. The smallest absolute Gasteiger partial charge is 0.0548 e. The van der Waals surface area contributed by atoms with Crippen molar-refractivity contribution in [2.45, 2.75) is 16.2 Å². The summed E-state index contributed by atoms with van der Waals surface area (Å²) in [6, 6.07) is 35.2. The van der Waals surface area contributed by atoms with E-state index < -0.39 is 10.0 Å². The van der Waals surface area contributed by atoms with Crippen LogP contribution in [-0.2, 0) is 6.42 Å². The van der Waals surface area contributed by atoms with E-state index in [-0.39, 0.29) is 0 Å². The van der Waals surface area contributed by atoms with E-state index in [0.717, 1.165) is 29.1 Å². The minimum Gasteiger partial charge on any atom is -0.398 e. The van der Waals surface area contributed by atoms with Gasteiger partial charge >= 0.3 is 0 Å². The third-order valence-electron chi connectivity index (χ3n) is 8.77. The highest BCUT2D eigenvalue weighted by atomic mass is 32.3. The molecule has 6 aromatic rings. The molecule has 204 valence electrons. The second-order valence-corrected chi connectivity index (χ2v) is 15.0. The molecule has 0 amide bonds. The highest BCUT2D eigenvalue weighted by molar-refractivity contribution is 8.33. The van der Waals surface area contributed by atoms with Crippen molar-refractivity contribution in [3.63, 3.8) is 0 Å². The van der Waals surface area contributed by atoms with Crippen LogP contribution in [0.2, 0.25) is 0 Å². The van der Waals surface area contributed by atoms with Crippen LogP contribution in [0.3, 0.4) is 0 Å². The summed E-state index contributed by atoms with van der Waals surface area (Å²) in [5.41, 5.74) is 18.2. The SMILES string of the molecule is CS1(C)c2ccccc2-c2c1ccc1c2c2ccccc2n1-c1ccc(/C(N)=C/C=C2/C=Cc3cccnc3C2)cc1. The lowest BCUT2D eigenvalue weighted by molar-refractivity contribution is 1.05.